The number of hydrogen-bond donors (Lipinski definition) is 2. The molecular formula is C18H36N2O. The molecule has 2 aliphatic rings. The monoisotopic (exact) mass is 296 g/mol. The van der Waals surface area contributed by atoms with Crippen LogP contribution in [0.15, 0.2) is 0 Å². The van der Waals surface area contributed by atoms with E-state index in [0.717, 1.165) is 12.5 Å². The number of aliphatic hydroxyl groups is 1. The van der Waals surface area contributed by atoms with Crippen molar-refractivity contribution >= 4 is 0 Å². The molecule has 2 aliphatic carbocycles. The summed E-state index contributed by atoms with van der Waals surface area (Å²) in [4.78, 5) is 2.70. The average molecular weight is 296 g/mol. The second-order valence-electron chi connectivity index (χ2n) is 7.56. The number of rotatable bonds is 8. The number of nitrogens with one attached hydrogen (secondary N) is 1. The molecule has 3 heteroatoms. The lowest BCUT2D eigenvalue weighted by atomic mass is 9.84. The zero-order valence-electron chi connectivity index (χ0n) is 14.4. The molecule has 0 amide bonds. The van der Waals surface area contributed by atoms with E-state index in [0.29, 0.717) is 18.6 Å². The fourth-order valence-electron chi connectivity index (χ4n) is 4.77. The van der Waals surface area contributed by atoms with Crippen molar-refractivity contribution in [2.24, 2.45) is 5.92 Å². The molecule has 2 atom stereocenters. The molecule has 0 aromatic heterocycles. The summed E-state index contributed by atoms with van der Waals surface area (Å²) in [5.41, 5.74) is -0.0107. The molecule has 0 radical (unpaired) electrons. The quantitative estimate of drug-likeness (QED) is 0.722. The molecule has 2 rings (SSSR count). The van der Waals surface area contributed by atoms with Gasteiger partial charge < -0.3 is 15.3 Å². The van der Waals surface area contributed by atoms with Gasteiger partial charge in [-0.05, 0) is 51.1 Å². The van der Waals surface area contributed by atoms with Crippen molar-refractivity contribution < 1.29 is 5.11 Å². The number of hydrogen-bond acceptors (Lipinski definition) is 3. The first-order valence-corrected chi connectivity index (χ1v) is 9.24. The van der Waals surface area contributed by atoms with E-state index in [4.69, 9.17) is 0 Å². The van der Waals surface area contributed by atoms with Gasteiger partial charge in [0, 0.05) is 17.6 Å². The molecule has 3 nitrogen and oxygen atoms in total. The predicted octanol–water partition coefficient (Wildman–Crippen LogP) is 3.17. The van der Waals surface area contributed by atoms with Crippen LogP contribution >= 0.6 is 0 Å². The fraction of sp³-hybridized carbons (Fsp3) is 1.00. The molecule has 0 spiro atoms. The Kier molecular flexibility index (Phi) is 6.51. The van der Waals surface area contributed by atoms with Gasteiger partial charge in [0.25, 0.3) is 0 Å². The van der Waals surface area contributed by atoms with Gasteiger partial charge in [-0.3, -0.25) is 0 Å². The van der Waals surface area contributed by atoms with Crippen LogP contribution in [-0.2, 0) is 0 Å². The summed E-state index contributed by atoms with van der Waals surface area (Å²) in [7, 11) is 0. The molecule has 0 aliphatic heterocycles. The smallest absolute Gasteiger partial charge is 0.0616 e. The van der Waals surface area contributed by atoms with Crippen LogP contribution in [0.5, 0.6) is 0 Å². The lowest BCUT2D eigenvalue weighted by molar-refractivity contribution is 0.0982. The highest BCUT2D eigenvalue weighted by Crippen LogP contribution is 2.38. The second-order valence-corrected chi connectivity index (χ2v) is 7.56. The van der Waals surface area contributed by atoms with Crippen molar-refractivity contribution in [3.63, 3.8) is 0 Å². The standard InChI is InChI=1S/C18H36N2O/c1-4-20(17-9-5-6-10-17)13-11-16-8-7-12-18(16,14-21)19-15(2)3/h15-17,19,21H,4-14H2,1-3H3. The summed E-state index contributed by atoms with van der Waals surface area (Å²) in [6, 6.07) is 1.29. The Labute approximate surface area is 131 Å². The average Bonchev–Trinajstić information content (AvgIpc) is 3.10. The minimum Gasteiger partial charge on any atom is -0.394 e. The van der Waals surface area contributed by atoms with E-state index in [9.17, 15) is 5.11 Å². The number of aliphatic hydroxyl groups excluding tert-OH is 1. The molecule has 2 fully saturated rings. The first-order chi connectivity index (χ1) is 10.1. The molecular weight excluding hydrogens is 260 g/mol. The molecule has 2 unspecified atom stereocenters. The van der Waals surface area contributed by atoms with E-state index in [2.05, 4.69) is 31.0 Å². The second kappa shape index (κ2) is 7.94. The van der Waals surface area contributed by atoms with Gasteiger partial charge in [-0.1, -0.05) is 40.0 Å². The van der Waals surface area contributed by atoms with E-state index in [1.54, 1.807) is 0 Å². The Bertz CT molecular complexity index is 302. The predicted molar refractivity (Wildman–Crippen MR) is 89.5 cm³/mol. The van der Waals surface area contributed by atoms with Crippen LogP contribution in [0.2, 0.25) is 0 Å². The molecule has 0 saturated heterocycles. The van der Waals surface area contributed by atoms with Gasteiger partial charge in [0.1, 0.15) is 0 Å². The van der Waals surface area contributed by atoms with Crippen molar-refractivity contribution in [3.05, 3.63) is 0 Å². The fourth-order valence-corrected chi connectivity index (χ4v) is 4.77. The Morgan fingerprint density at radius 1 is 1.19 bits per heavy atom. The molecule has 21 heavy (non-hydrogen) atoms. The summed E-state index contributed by atoms with van der Waals surface area (Å²) in [5.74, 6) is 0.639. The van der Waals surface area contributed by atoms with Crippen molar-refractivity contribution in [1.82, 2.24) is 10.2 Å². The van der Waals surface area contributed by atoms with Gasteiger partial charge in [-0.2, -0.15) is 0 Å². The van der Waals surface area contributed by atoms with Crippen molar-refractivity contribution in [2.75, 3.05) is 19.7 Å². The summed E-state index contributed by atoms with van der Waals surface area (Å²) in [6.45, 7) is 9.39. The Hall–Kier alpha value is -0.120. The van der Waals surface area contributed by atoms with Crippen LogP contribution in [0.3, 0.4) is 0 Å². The third-order valence-electron chi connectivity index (χ3n) is 5.83. The topological polar surface area (TPSA) is 35.5 Å². The zero-order chi connectivity index (χ0) is 15.3. The third kappa shape index (κ3) is 4.20. The van der Waals surface area contributed by atoms with Gasteiger partial charge in [0.05, 0.1) is 6.61 Å². The lowest BCUT2D eigenvalue weighted by Crippen LogP contribution is -2.54. The Morgan fingerprint density at radius 2 is 1.90 bits per heavy atom. The maximum atomic E-state index is 9.99. The van der Waals surface area contributed by atoms with Crippen molar-refractivity contribution in [3.8, 4) is 0 Å². The minimum absolute atomic E-state index is 0.0107. The van der Waals surface area contributed by atoms with Crippen LogP contribution in [0, 0.1) is 5.92 Å². The van der Waals surface area contributed by atoms with E-state index >= 15 is 0 Å². The Morgan fingerprint density at radius 3 is 2.48 bits per heavy atom. The number of nitrogens with zero attached hydrogens (tertiary/aromatic N) is 1. The van der Waals surface area contributed by atoms with Gasteiger partial charge in [-0.15, -0.1) is 0 Å². The molecule has 0 aromatic rings. The highest BCUT2D eigenvalue weighted by atomic mass is 16.3. The summed E-state index contributed by atoms with van der Waals surface area (Å²) < 4.78 is 0. The highest BCUT2D eigenvalue weighted by molar-refractivity contribution is 5.00. The lowest BCUT2D eigenvalue weighted by Gasteiger charge is -2.38. The molecule has 0 heterocycles. The zero-order valence-corrected chi connectivity index (χ0v) is 14.4. The maximum Gasteiger partial charge on any atom is 0.0616 e. The first-order valence-electron chi connectivity index (χ1n) is 9.24. The maximum absolute atomic E-state index is 9.99. The Balaban J connectivity index is 1.90. The minimum atomic E-state index is -0.0107. The van der Waals surface area contributed by atoms with Gasteiger partial charge in [0.15, 0.2) is 0 Å². The van der Waals surface area contributed by atoms with Gasteiger partial charge in [-0.25, -0.2) is 0 Å². The van der Waals surface area contributed by atoms with Crippen LogP contribution in [0.4, 0.5) is 0 Å². The van der Waals surface area contributed by atoms with Crippen LogP contribution in [0.1, 0.15) is 72.1 Å². The SMILES string of the molecule is CCN(CCC1CCCC1(CO)NC(C)C)C1CCCC1. The first kappa shape index (κ1) is 17.2. The molecule has 124 valence electrons. The largest absolute Gasteiger partial charge is 0.394 e. The summed E-state index contributed by atoms with van der Waals surface area (Å²) in [6.07, 6.45) is 10.6. The van der Waals surface area contributed by atoms with Crippen molar-refractivity contribution in [1.29, 1.82) is 0 Å². The summed E-state index contributed by atoms with van der Waals surface area (Å²) >= 11 is 0. The molecule has 2 saturated carbocycles. The third-order valence-corrected chi connectivity index (χ3v) is 5.83. The van der Waals surface area contributed by atoms with Crippen LogP contribution in [-0.4, -0.2) is 47.3 Å². The van der Waals surface area contributed by atoms with E-state index < -0.39 is 0 Å². The van der Waals surface area contributed by atoms with Gasteiger partial charge >= 0.3 is 0 Å². The molecule has 0 aromatic carbocycles. The molecule has 2 N–H and O–H groups in total. The highest BCUT2D eigenvalue weighted by Gasteiger charge is 2.42. The normalized spacial score (nSPS) is 30.9. The van der Waals surface area contributed by atoms with Crippen LogP contribution < -0.4 is 5.32 Å². The van der Waals surface area contributed by atoms with Crippen molar-refractivity contribution in [2.45, 2.75) is 89.8 Å². The van der Waals surface area contributed by atoms with E-state index in [-0.39, 0.29) is 5.54 Å². The van der Waals surface area contributed by atoms with Gasteiger partial charge in [0.2, 0.25) is 0 Å². The summed E-state index contributed by atoms with van der Waals surface area (Å²) in [5, 5.41) is 13.7. The van der Waals surface area contributed by atoms with Crippen LogP contribution in [0.25, 0.3) is 0 Å². The van der Waals surface area contributed by atoms with E-state index in [1.807, 2.05) is 0 Å². The van der Waals surface area contributed by atoms with E-state index in [1.165, 1.54) is 58.0 Å². The molecule has 0 bridgehead atoms.